The third kappa shape index (κ3) is 4.99. The summed E-state index contributed by atoms with van der Waals surface area (Å²) < 4.78 is 13.0. The van der Waals surface area contributed by atoms with Crippen molar-refractivity contribution < 1.29 is 18.7 Å². The zero-order valence-corrected chi connectivity index (χ0v) is 21.3. The van der Waals surface area contributed by atoms with E-state index >= 15 is 0 Å². The van der Waals surface area contributed by atoms with Crippen molar-refractivity contribution >= 4 is 34.1 Å². The molecule has 0 radical (unpaired) electrons. The molecule has 4 aromatic rings. The standard InChI is InChI=1S/C28H30N6O4/c1-18-3-2-4-20(13-18)28-31-24(17-38-28)27(36)30-23-14-21-16-34(8-6-19-5-7-29-26(19)35)32-22(21)15-25(23)33-9-11-37-12-10-33/h2-4,13-17,19H,5-12H2,1H3,(H,29,35)(H,30,36). The topological polar surface area (TPSA) is 115 Å². The average Bonchev–Trinajstić information content (AvgIpc) is 3.67. The highest BCUT2D eigenvalue weighted by Crippen LogP contribution is 2.32. The molecule has 1 unspecified atom stereocenters. The monoisotopic (exact) mass is 514 g/mol. The molecule has 0 aliphatic carbocycles. The molecular formula is C28H30N6O4. The molecule has 2 fully saturated rings. The number of anilines is 2. The molecule has 2 aliphatic heterocycles. The number of hydrogen-bond donors (Lipinski definition) is 2. The number of nitrogens with one attached hydrogen (secondary N) is 2. The van der Waals surface area contributed by atoms with Crippen LogP contribution in [0.15, 0.2) is 53.3 Å². The maximum absolute atomic E-state index is 13.2. The minimum Gasteiger partial charge on any atom is -0.444 e. The summed E-state index contributed by atoms with van der Waals surface area (Å²) in [5.74, 6) is 0.217. The van der Waals surface area contributed by atoms with E-state index in [0.717, 1.165) is 47.1 Å². The summed E-state index contributed by atoms with van der Waals surface area (Å²) in [6.45, 7) is 6.06. The van der Waals surface area contributed by atoms with Crippen LogP contribution in [0, 0.1) is 12.8 Å². The van der Waals surface area contributed by atoms with E-state index in [4.69, 9.17) is 14.3 Å². The van der Waals surface area contributed by atoms with Gasteiger partial charge < -0.3 is 24.7 Å². The fourth-order valence-corrected chi connectivity index (χ4v) is 5.08. The molecule has 38 heavy (non-hydrogen) atoms. The summed E-state index contributed by atoms with van der Waals surface area (Å²) in [5, 5.41) is 11.6. The largest absolute Gasteiger partial charge is 0.444 e. The number of aryl methyl sites for hydroxylation is 2. The van der Waals surface area contributed by atoms with Crippen molar-refractivity contribution in [2.24, 2.45) is 5.92 Å². The smallest absolute Gasteiger partial charge is 0.277 e. The Morgan fingerprint density at radius 2 is 2.08 bits per heavy atom. The molecule has 10 heteroatoms. The second-order valence-electron chi connectivity index (χ2n) is 9.85. The van der Waals surface area contributed by atoms with Crippen LogP contribution in [0.5, 0.6) is 0 Å². The maximum atomic E-state index is 13.2. The number of nitrogens with zero attached hydrogens (tertiary/aromatic N) is 4. The molecule has 0 bridgehead atoms. The number of ether oxygens (including phenoxy) is 1. The molecule has 2 amide bonds. The fraction of sp³-hybridized carbons (Fsp3) is 0.357. The highest BCUT2D eigenvalue weighted by atomic mass is 16.5. The quantitative estimate of drug-likeness (QED) is 0.387. The number of oxazole rings is 1. The van der Waals surface area contributed by atoms with Gasteiger partial charge in [0.15, 0.2) is 5.69 Å². The number of aromatic nitrogens is 3. The average molecular weight is 515 g/mol. The number of amides is 2. The zero-order valence-electron chi connectivity index (χ0n) is 21.3. The molecule has 0 spiro atoms. The van der Waals surface area contributed by atoms with Crippen LogP contribution >= 0.6 is 0 Å². The first-order valence-electron chi connectivity index (χ1n) is 13.0. The Balaban J connectivity index is 1.26. The fourth-order valence-electron chi connectivity index (χ4n) is 5.08. The van der Waals surface area contributed by atoms with Crippen LogP contribution in [-0.4, -0.2) is 59.4 Å². The van der Waals surface area contributed by atoms with Crippen molar-refractivity contribution in [1.82, 2.24) is 20.1 Å². The van der Waals surface area contributed by atoms with Gasteiger partial charge in [-0.05, 0) is 44.0 Å². The molecule has 1 atom stereocenters. The Labute approximate surface area is 220 Å². The summed E-state index contributed by atoms with van der Waals surface area (Å²) in [7, 11) is 0. The number of fused-ring (bicyclic) bond motifs is 1. The van der Waals surface area contributed by atoms with E-state index in [1.54, 1.807) is 0 Å². The van der Waals surface area contributed by atoms with E-state index in [-0.39, 0.29) is 23.4 Å². The Morgan fingerprint density at radius 3 is 2.87 bits per heavy atom. The summed E-state index contributed by atoms with van der Waals surface area (Å²) >= 11 is 0. The molecule has 2 saturated heterocycles. The highest BCUT2D eigenvalue weighted by Gasteiger charge is 2.24. The van der Waals surface area contributed by atoms with Crippen LogP contribution in [0.2, 0.25) is 0 Å². The molecule has 2 aromatic carbocycles. The van der Waals surface area contributed by atoms with E-state index in [0.29, 0.717) is 44.4 Å². The maximum Gasteiger partial charge on any atom is 0.277 e. The van der Waals surface area contributed by atoms with Gasteiger partial charge in [0.2, 0.25) is 11.8 Å². The van der Waals surface area contributed by atoms with Gasteiger partial charge in [-0.2, -0.15) is 5.10 Å². The molecule has 2 N–H and O–H groups in total. The Bertz CT molecular complexity index is 1490. The van der Waals surface area contributed by atoms with E-state index < -0.39 is 0 Å². The lowest BCUT2D eigenvalue weighted by molar-refractivity contribution is -0.122. The first-order valence-corrected chi connectivity index (χ1v) is 13.0. The lowest BCUT2D eigenvalue weighted by Crippen LogP contribution is -2.36. The zero-order chi connectivity index (χ0) is 26.1. The van der Waals surface area contributed by atoms with Crippen LogP contribution in [0.4, 0.5) is 11.4 Å². The highest BCUT2D eigenvalue weighted by molar-refractivity contribution is 6.06. The molecular weight excluding hydrogens is 484 g/mol. The molecule has 6 rings (SSSR count). The summed E-state index contributed by atoms with van der Waals surface area (Å²) in [6, 6.07) is 11.8. The minimum absolute atomic E-state index is 0.0354. The van der Waals surface area contributed by atoms with E-state index in [1.165, 1.54) is 6.26 Å². The molecule has 196 valence electrons. The Kier molecular flexibility index (Phi) is 6.55. The third-order valence-electron chi connectivity index (χ3n) is 7.14. The van der Waals surface area contributed by atoms with Crippen molar-refractivity contribution in [2.45, 2.75) is 26.3 Å². The first-order chi connectivity index (χ1) is 18.5. The van der Waals surface area contributed by atoms with E-state index in [1.807, 2.05) is 54.2 Å². The van der Waals surface area contributed by atoms with Gasteiger partial charge in [0.1, 0.15) is 6.26 Å². The van der Waals surface area contributed by atoms with Crippen LogP contribution in [0.25, 0.3) is 22.4 Å². The van der Waals surface area contributed by atoms with Crippen LogP contribution in [0.3, 0.4) is 0 Å². The number of benzene rings is 2. The van der Waals surface area contributed by atoms with Crippen LogP contribution in [0.1, 0.15) is 28.9 Å². The van der Waals surface area contributed by atoms with Gasteiger partial charge in [-0.3, -0.25) is 14.3 Å². The number of carbonyl (C=O) groups excluding carboxylic acids is 2. The summed E-state index contributed by atoms with van der Waals surface area (Å²) in [6.07, 6.45) is 4.96. The Morgan fingerprint density at radius 1 is 1.21 bits per heavy atom. The van der Waals surface area contributed by atoms with E-state index in [2.05, 4.69) is 20.5 Å². The lowest BCUT2D eigenvalue weighted by Gasteiger charge is -2.30. The number of carbonyl (C=O) groups is 2. The van der Waals surface area contributed by atoms with Crippen molar-refractivity contribution in [1.29, 1.82) is 0 Å². The Hall–Kier alpha value is -4.18. The van der Waals surface area contributed by atoms with Gasteiger partial charge >= 0.3 is 0 Å². The van der Waals surface area contributed by atoms with Crippen LogP contribution < -0.4 is 15.5 Å². The van der Waals surface area contributed by atoms with Gasteiger partial charge in [0.25, 0.3) is 5.91 Å². The molecule has 0 saturated carbocycles. The predicted octanol–water partition coefficient (Wildman–Crippen LogP) is 3.61. The molecule has 2 aliphatic rings. The number of morpholine rings is 1. The van der Waals surface area contributed by atoms with Crippen molar-refractivity contribution in [2.75, 3.05) is 43.1 Å². The first kappa shape index (κ1) is 24.2. The van der Waals surface area contributed by atoms with Gasteiger partial charge in [0, 0.05) is 49.2 Å². The minimum atomic E-state index is -0.346. The van der Waals surface area contributed by atoms with Gasteiger partial charge in [-0.1, -0.05) is 17.7 Å². The predicted molar refractivity (Wildman–Crippen MR) is 143 cm³/mol. The normalized spacial score (nSPS) is 17.7. The summed E-state index contributed by atoms with van der Waals surface area (Å²) in [5.41, 5.74) is 4.52. The number of rotatable bonds is 7. The van der Waals surface area contributed by atoms with Crippen molar-refractivity contribution in [3.05, 3.63) is 60.1 Å². The van der Waals surface area contributed by atoms with Crippen molar-refractivity contribution in [3.8, 4) is 11.5 Å². The van der Waals surface area contributed by atoms with Crippen molar-refractivity contribution in [3.63, 3.8) is 0 Å². The molecule has 2 aromatic heterocycles. The number of hydrogen-bond acceptors (Lipinski definition) is 7. The van der Waals surface area contributed by atoms with E-state index in [9.17, 15) is 9.59 Å². The lowest BCUT2D eigenvalue weighted by atomic mass is 10.0. The SMILES string of the molecule is Cc1cccc(-c2nc(C(=O)Nc3cc4cn(CCC5CCNC5=O)nc4cc3N3CCOCC3)co2)c1. The third-order valence-corrected chi connectivity index (χ3v) is 7.14. The second kappa shape index (κ2) is 10.3. The van der Waals surface area contributed by atoms with Gasteiger partial charge in [-0.15, -0.1) is 0 Å². The summed E-state index contributed by atoms with van der Waals surface area (Å²) in [4.78, 5) is 31.8. The molecule has 10 nitrogen and oxygen atoms in total. The van der Waals surface area contributed by atoms with Gasteiger partial charge in [0.05, 0.1) is 30.1 Å². The van der Waals surface area contributed by atoms with Gasteiger partial charge in [-0.25, -0.2) is 4.98 Å². The second-order valence-corrected chi connectivity index (χ2v) is 9.85. The molecule has 4 heterocycles. The van der Waals surface area contributed by atoms with Crippen LogP contribution in [-0.2, 0) is 16.1 Å².